The van der Waals surface area contributed by atoms with E-state index in [4.69, 9.17) is 4.74 Å². The predicted octanol–water partition coefficient (Wildman–Crippen LogP) is 3.95. The Morgan fingerprint density at radius 3 is 2.62 bits per heavy atom. The van der Waals surface area contributed by atoms with Crippen LogP contribution < -0.4 is 4.90 Å². The van der Waals surface area contributed by atoms with Crippen molar-refractivity contribution in [1.29, 1.82) is 0 Å². The first-order valence-corrected chi connectivity index (χ1v) is 7.83. The lowest BCUT2D eigenvalue weighted by atomic mass is 10.0. The number of esters is 1. The molecular formula is C18H25NO2. The lowest BCUT2D eigenvalue weighted by Crippen LogP contribution is -2.24. The van der Waals surface area contributed by atoms with Crippen LogP contribution in [0.25, 0.3) is 6.08 Å². The van der Waals surface area contributed by atoms with E-state index in [1.165, 1.54) is 49.4 Å². The number of carbonyl (C=O) groups is 1. The molecule has 3 heteroatoms. The number of hydrogen-bond donors (Lipinski definition) is 0. The maximum Gasteiger partial charge on any atom is 0.302 e. The molecule has 0 amide bonds. The van der Waals surface area contributed by atoms with Gasteiger partial charge in [0.05, 0.1) is 0 Å². The molecule has 114 valence electrons. The van der Waals surface area contributed by atoms with E-state index >= 15 is 0 Å². The van der Waals surface area contributed by atoms with Gasteiger partial charge in [-0.2, -0.15) is 0 Å². The van der Waals surface area contributed by atoms with Crippen molar-refractivity contribution >= 4 is 17.7 Å². The topological polar surface area (TPSA) is 29.5 Å². The number of carbonyl (C=O) groups excluding carboxylic acids is 1. The van der Waals surface area contributed by atoms with Gasteiger partial charge in [0, 0.05) is 31.3 Å². The molecule has 1 saturated heterocycles. The third kappa shape index (κ3) is 4.62. The van der Waals surface area contributed by atoms with Gasteiger partial charge in [-0.15, -0.1) is 0 Å². The fraction of sp³-hybridized carbons (Fsp3) is 0.500. The Morgan fingerprint density at radius 1 is 1.24 bits per heavy atom. The Bertz CT molecular complexity index is 500. The highest BCUT2D eigenvalue weighted by Crippen LogP contribution is 2.27. The second kappa shape index (κ2) is 7.87. The van der Waals surface area contributed by atoms with Crippen LogP contribution in [0.5, 0.6) is 0 Å². The van der Waals surface area contributed by atoms with Gasteiger partial charge in [0.15, 0.2) is 0 Å². The van der Waals surface area contributed by atoms with Gasteiger partial charge >= 0.3 is 5.97 Å². The molecule has 2 rings (SSSR count). The van der Waals surface area contributed by atoms with Crippen LogP contribution in [0.4, 0.5) is 5.69 Å². The van der Waals surface area contributed by atoms with Crippen LogP contribution in [0, 0.1) is 6.92 Å². The molecule has 21 heavy (non-hydrogen) atoms. The van der Waals surface area contributed by atoms with Crippen LogP contribution in [0.15, 0.2) is 24.3 Å². The number of rotatable bonds is 4. The summed E-state index contributed by atoms with van der Waals surface area (Å²) in [5, 5.41) is 0. The molecule has 0 saturated carbocycles. The predicted molar refractivity (Wildman–Crippen MR) is 87.5 cm³/mol. The summed E-state index contributed by atoms with van der Waals surface area (Å²) in [5.41, 5.74) is 3.80. The smallest absolute Gasteiger partial charge is 0.302 e. The van der Waals surface area contributed by atoms with Crippen molar-refractivity contribution in [1.82, 2.24) is 0 Å². The normalized spacial score (nSPS) is 16.0. The van der Waals surface area contributed by atoms with Crippen molar-refractivity contribution in [3.05, 3.63) is 35.4 Å². The number of aryl methyl sites for hydroxylation is 1. The summed E-state index contributed by atoms with van der Waals surface area (Å²) in [6.07, 6.45) is 9.21. The standard InChI is InChI=1S/C18H25NO2/c1-15-9-7-11-18(19-12-5-3-4-6-13-19)17(15)10-8-14-21-16(2)20/h7-11H,3-6,12-14H2,1-2H3/b10-8+. The Morgan fingerprint density at radius 2 is 1.95 bits per heavy atom. The molecule has 0 radical (unpaired) electrons. The van der Waals surface area contributed by atoms with Gasteiger partial charge in [0.2, 0.25) is 0 Å². The van der Waals surface area contributed by atoms with Crippen molar-refractivity contribution < 1.29 is 9.53 Å². The van der Waals surface area contributed by atoms with Crippen molar-refractivity contribution in [2.24, 2.45) is 0 Å². The molecule has 0 aromatic heterocycles. The van der Waals surface area contributed by atoms with Crippen molar-refractivity contribution in [2.75, 3.05) is 24.6 Å². The highest BCUT2D eigenvalue weighted by molar-refractivity contribution is 5.71. The Balaban J connectivity index is 2.16. The first-order valence-electron chi connectivity index (χ1n) is 7.83. The molecule has 0 unspecified atom stereocenters. The van der Waals surface area contributed by atoms with Gasteiger partial charge in [-0.05, 0) is 37.5 Å². The molecule has 0 aliphatic carbocycles. The van der Waals surface area contributed by atoms with E-state index in [2.05, 4.69) is 36.1 Å². The molecule has 1 heterocycles. The summed E-state index contributed by atoms with van der Waals surface area (Å²) >= 11 is 0. The summed E-state index contributed by atoms with van der Waals surface area (Å²) in [6, 6.07) is 6.45. The largest absolute Gasteiger partial charge is 0.462 e. The number of hydrogen-bond acceptors (Lipinski definition) is 3. The third-order valence-electron chi connectivity index (χ3n) is 3.92. The van der Waals surface area contributed by atoms with Crippen LogP contribution in [0.2, 0.25) is 0 Å². The van der Waals surface area contributed by atoms with Gasteiger partial charge in [-0.3, -0.25) is 4.79 Å². The fourth-order valence-corrected chi connectivity index (χ4v) is 2.80. The summed E-state index contributed by atoms with van der Waals surface area (Å²) in [4.78, 5) is 13.3. The minimum absolute atomic E-state index is 0.239. The van der Waals surface area contributed by atoms with E-state index in [0.29, 0.717) is 6.61 Å². The molecule has 0 bridgehead atoms. The molecular weight excluding hydrogens is 262 g/mol. The molecule has 1 aromatic carbocycles. The molecule has 1 aliphatic heterocycles. The second-order valence-electron chi connectivity index (χ2n) is 5.61. The van der Waals surface area contributed by atoms with E-state index in [-0.39, 0.29) is 5.97 Å². The molecule has 1 aliphatic rings. The van der Waals surface area contributed by atoms with E-state index in [0.717, 1.165) is 13.1 Å². The zero-order chi connectivity index (χ0) is 15.1. The quantitative estimate of drug-likeness (QED) is 0.785. The SMILES string of the molecule is CC(=O)OC/C=C/c1c(C)cccc1N1CCCCCC1. The average molecular weight is 287 g/mol. The van der Waals surface area contributed by atoms with Gasteiger partial charge in [-0.1, -0.05) is 31.1 Å². The van der Waals surface area contributed by atoms with Crippen LogP contribution >= 0.6 is 0 Å². The van der Waals surface area contributed by atoms with Crippen LogP contribution in [-0.4, -0.2) is 25.7 Å². The first-order chi connectivity index (χ1) is 10.2. The highest BCUT2D eigenvalue weighted by atomic mass is 16.5. The number of anilines is 1. The minimum atomic E-state index is -0.239. The van der Waals surface area contributed by atoms with Gasteiger partial charge in [-0.25, -0.2) is 0 Å². The summed E-state index contributed by atoms with van der Waals surface area (Å²) in [5.74, 6) is -0.239. The lowest BCUT2D eigenvalue weighted by molar-refractivity contribution is -0.139. The Hall–Kier alpha value is -1.77. The monoisotopic (exact) mass is 287 g/mol. The van der Waals surface area contributed by atoms with Crippen LogP contribution in [0.3, 0.4) is 0 Å². The second-order valence-corrected chi connectivity index (χ2v) is 5.61. The lowest BCUT2D eigenvalue weighted by Gasteiger charge is -2.25. The van der Waals surface area contributed by atoms with E-state index in [1.807, 2.05) is 6.08 Å². The summed E-state index contributed by atoms with van der Waals surface area (Å²) < 4.78 is 4.97. The summed E-state index contributed by atoms with van der Waals surface area (Å²) in [7, 11) is 0. The van der Waals surface area contributed by atoms with E-state index in [9.17, 15) is 4.79 Å². The Kier molecular flexibility index (Phi) is 5.85. The summed E-state index contributed by atoms with van der Waals surface area (Å²) in [6.45, 7) is 6.17. The van der Waals surface area contributed by atoms with Crippen molar-refractivity contribution in [2.45, 2.75) is 39.5 Å². The maximum absolute atomic E-state index is 10.8. The van der Waals surface area contributed by atoms with Crippen molar-refractivity contribution in [3.63, 3.8) is 0 Å². The van der Waals surface area contributed by atoms with Crippen LogP contribution in [-0.2, 0) is 9.53 Å². The zero-order valence-corrected chi connectivity index (χ0v) is 13.1. The molecule has 1 aromatic rings. The van der Waals surface area contributed by atoms with Crippen LogP contribution in [0.1, 0.15) is 43.7 Å². The maximum atomic E-state index is 10.8. The first kappa shape index (κ1) is 15.6. The number of ether oxygens (including phenoxy) is 1. The van der Waals surface area contributed by atoms with E-state index < -0.39 is 0 Å². The van der Waals surface area contributed by atoms with Crippen molar-refractivity contribution in [3.8, 4) is 0 Å². The molecule has 3 nitrogen and oxygen atoms in total. The molecule has 1 fully saturated rings. The third-order valence-corrected chi connectivity index (χ3v) is 3.92. The molecule has 0 spiro atoms. The molecule has 0 N–H and O–H groups in total. The van der Waals surface area contributed by atoms with Gasteiger partial charge in [0.1, 0.15) is 6.61 Å². The average Bonchev–Trinajstić information content (AvgIpc) is 2.73. The fourth-order valence-electron chi connectivity index (χ4n) is 2.80. The van der Waals surface area contributed by atoms with Gasteiger partial charge < -0.3 is 9.64 Å². The number of benzene rings is 1. The molecule has 0 atom stereocenters. The minimum Gasteiger partial charge on any atom is -0.462 e. The van der Waals surface area contributed by atoms with E-state index in [1.54, 1.807) is 0 Å². The number of nitrogens with zero attached hydrogens (tertiary/aromatic N) is 1. The highest BCUT2D eigenvalue weighted by Gasteiger charge is 2.13. The van der Waals surface area contributed by atoms with Gasteiger partial charge in [0.25, 0.3) is 0 Å². The Labute approximate surface area is 127 Å². The zero-order valence-electron chi connectivity index (χ0n) is 13.1.